The van der Waals surface area contributed by atoms with E-state index in [4.69, 9.17) is 4.74 Å². The van der Waals surface area contributed by atoms with Crippen LogP contribution in [0.3, 0.4) is 0 Å². The van der Waals surface area contributed by atoms with Gasteiger partial charge in [0, 0.05) is 7.05 Å². The summed E-state index contributed by atoms with van der Waals surface area (Å²) in [4.78, 5) is 11.4. The monoisotopic (exact) mass is 380 g/mol. The van der Waals surface area contributed by atoms with Crippen LogP contribution in [0, 0.1) is 22.9 Å². The minimum absolute atomic E-state index is 0.0314. The van der Waals surface area contributed by atoms with Crippen molar-refractivity contribution < 1.29 is 14.1 Å². The first-order chi connectivity index (χ1) is 13.5. The average molecular weight is 380 g/mol. The molecule has 8 heteroatoms. The fraction of sp³-hybridized carbons (Fsp3) is 0.150. The quantitative estimate of drug-likeness (QED) is 0.553. The second kappa shape index (κ2) is 6.80. The number of halogens is 1. The molecule has 1 N–H and O–H groups in total. The van der Waals surface area contributed by atoms with Crippen LogP contribution in [0.5, 0.6) is 5.88 Å². The number of aromatic nitrogens is 2. The Labute approximate surface area is 160 Å². The number of fused-ring (bicyclic) bond motifs is 1. The summed E-state index contributed by atoms with van der Waals surface area (Å²) >= 11 is 0. The number of hydrogen-bond acceptors (Lipinski definition) is 5. The van der Waals surface area contributed by atoms with Crippen molar-refractivity contribution in [1.82, 2.24) is 15.1 Å². The second-order valence-corrected chi connectivity index (χ2v) is 6.36. The van der Waals surface area contributed by atoms with Gasteiger partial charge in [-0.2, -0.15) is 5.10 Å². The Morgan fingerprint density at radius 1 is 1.18 bits per heavy atom. The van der Waals surface area contributed by atoms with Crippen LogP contribution < -0.4 is 10.1 Å². The van der Waals surface area contributed by atoms with Crippen LogP contribution in [0.25, 0.3) is 5.69 Å². The number of ether oxygens (including phenoxy) is 1. The number of nitrogens with zero attached hydrogens (tertiary/aromatic N) is 3. The minimum atomic E-state index is -0.751. The predicted octanol–water partition coefficient (Wildman–Crippen LogP) is 3.51. The van der Waals surface area contributed by atoms with Gasteiger partial charge in [0.05, 0.1) is 21.9 Å². The summed E-state index contributed by atoms with van der Waals surface area (Å²) in [6, 6.07) is 15.0. The Morgan fingerprint density at radius 2 is 1.86 bits per heavy atom. The number of nitro groups is 1. The van der Waals surface area contributed by atoms with Crippen LogP contribution in [-0.4, -0.2) is 21.8 Å². The number of para-hydroxylation sites is 1. The summed E-state index contributed by atoms with van der Waals surface area (Å²) in [6.45, 7) is 1.78. The molecule has 0 spiro atoms. The molecule has 2 heterocycles. The Balaban J connectivity index is 1.98. The first-order valence-electron chi connectivity index (χ1n) is 8.65. The molecule has 1 aromatic heterocycles. The molecule has 0 bridgehead atoms. The molecule has 1 atom stereocenters. The van der Waals surface area contributed by atoms with E-state index in [1.165, 1.54) is 12.1 Å². The third kappa shape index (κ3) is 2.79. The molecule has 142 valence electrons. The Hall–Kier alpha value is -3.68. The number of allylic oxidation sites excluding steroid dienone is 1. The molecule has 3 aromatic rings. The summed E-state index contributed by atoms with van der Waals surface area (Å²) in [5, 5.41) is 19.2. The summed E-state index contributed by atoms with van der Waals surface area (Å²) < 4.78 is 21.0. The molecular weight excluding hydrogens is 363 g/mol. The van der Waals surface area contributed by atoms with E-state index in [1.54, 1.807) is 30.8 Å². The summed E-state index contributed by atoms with van der Waals surface area (Å²) in [5.41, 5.74) is 2.40. The molecular formula is C20H17FN4O3. The molecule has 28 heavy (non-hydrogen) atoms. The largest absolute Gasteiger partial charge is 0.416 e. The van der Waals surface area contributed by atoms with E-state index in [-0.39, 0.29) is 11.6 Å². The smallest absolute Gasteiger partial charge is 0.317 e. The highest BCUT2D eigenvalue weighted by Gasteiger charge is 2.43. The maximum Gasteiger partial charge on any atom is 0.317 e. The highest BCUT2D eigenvalue weighted by atomic mass is 19.1. The standard InChI is InChI=1S/C20H17FN4O3/c1-12-16-17(13-8-10-14(21)11-9-13)18(25(26)27)19(22-2)28-20(16)24(23-12)15-6-4-3-5-7-15/h3-11,17,22H,1-2H3. The molecule has 0 aliphatic carbocycles. The predicted molar refractivity (Wildman–Crippen MR) is 100 cm³/mol. The highest BCUT2D eigenvalue weighted by Crippen LogP contribution is 2.45. The molecule has 0 amide bonds. The van der Waals surface area contributed by atoms with Crippen molar-refractivity contribution in [1.29, 1.82) is 0 Å². The Kier molecular flexibility index (Phi) is 4.31. The SMILES string of the molecule is CNC1=C([N+](=O)[O-])C(c2ccc(F)cc2)c2c(C)nn(-c3ccccc3)c2O1. The van der Waals surface area contributed by atoms with Crippen molar-refractivity contribution in [3.63, 3.8) is 0 Å². The van der Waals surface area contributed by atoms with Crippen LogP contribution in [0.2, 0.25) is 0 Å². The molecule has 1 unspecified atom stereocenters. The minimum Gasteiger partial charge on any atom is -0.416 e. The zero-order chi connectivity index (χ0) is 19.8. The fourth-order valence-electron chi connectivity index (χ4n) is 3.46. The van der Waals surface area contributed by atoms with Gasteiger partial charge in [-0.3, -0.25) is 10.1 Å². The zero-order valence-corrected chi connectivity index (χ0v) is 15.2. The lowest BCUT2D eigenvalue weighted by Gasteiger charge is -2.24. The van der Waals surface area contributed by atoms with Gasteiger partial charge in [-0.25, -0.2) is 9.07 Å². The van der Waals surface area contributed by atoms with Crippen LogP contribution in [0.4, 0.5) is 4.39 Å². The highest BCUT2D eigenvalue weighted by molar-refractivity contribution is 5.52. The molecule has 4 rings (SSSR count). The third-order valence-electron chi connectivity index (χ3n) is 4.68. The second-order valence-electron chi connectivity index (χ2n) is 6.36. The lowest BCUT2D eigenvalue weighted by Crippen LogP contribution is -2.28. The van der Waals surface area contributed by atoms with Crippen molar-refractivity contribution in [3.8, 4) is 11.6 Å². The van der Waals surface area contributed by atoms with Crippen molar-refractivity contribution in [3.05, 3.63) is 98.9 Å². The molecule has 0 saturated heterocycles. The van der Waals surface area contributed by atoms with Gasteiger partial charge in [0.25, 0.3) is 5.88 Å². The maximum atomic E-state index is 13.5. The fourth-order valence-corrected chi connectivity index (χ4v) is 3.46. The average Bonchev–Trinajstić information content (AvgIpc) is 3.04. The van der Waals surface area contributed by atoms with Crippen molar-refractivity contribution in [2.24, 2.45) is 0 Å². The molecule has 7 nitrogen and oxygen atoms in total. The molecule has 0 saturated carbocycles. The Morgan fingerprint density at radius 3 is 2.46 bits per heavy atom. The van der Waals surface area contributed by atoms with Crippen molar-refractivity contribution in [2.75, 3.05) is 7.05 Å². The van der Waals surface area contributed by atoms with Gasteiger partial charge in [-0.1, -0.05) is 30.3 Å². The maximum absolute atomic E-state index is 13.5. The van der Waals surface area contributed by atoms with Crippen molar-refractivity contribution >= 4 is 0 Å². The van der Waals surface area contributed by atoms with E-state index in [9.17, 15) is 14.5 Å². The topological polar surface area (TPSA) is 82.2 Å². The van der Waals surface area contributed by atoms with E-state index in [1.807, 2.05) is 30.3 Å². The van der Waals surface area contributed by atoms with E-state index in [0.29, 0.717) is 22.7 Å². The van der Waals surface area contributed by atoms with Gasteiger partial charge in [0.15, 0.2) is 0 Å². The molecule has 0 fully saturated rings. The van der Waals surface area contributed by atoms with Crippen molar-refractivity contribution in [2.45, 2.75) is 12.8 Å². The van der Waals surface area contributed by atoms with E-state index in [0.717, 1.165) is 5.69 Å². The van der Waals surface area contributed by atoms with E-state index in [2.05, 4.69) is 10.4 Å². The lowest BCUT2D eigenvalue weighted by molar-refractivity contribution is -0.432. The number of rotatable bonds is 4. The summed E-state index contributed by atoms with van der Waals surface area (Å²) in [6.07, 6.45) is 0. The van der Waals surface area contributed by atoms with Gasteiger partial charge >= 0.3 is 5.70 Å². The van der Waals surface area contributed by atoms with E-state index < -0.39 is 16.7 Å². The molecule has 2 aromatic carbocycles. The van der Waals surface area contributed by atoms with Crippen LogP contribution in [0.1, 0.15) is 22.7 Å². The first-order valence-corrected chi connectivity index (χ1v) is 8.65. The van der Waals surface area contributed by atoms with Gasteiger partial charge in [0.1, 0.15) is 11.7 Å². The van der Waals surface area contributed by atoms with Crippen LogP contribution >= 0.6 is 0 Å². The molecule has 1 aliphatic rings. The van der Waals surface area contributed by atoms with Crippen LogP contribution in [-0.2, 0) is 0 Å². The van der Waals surface area contributed by atoms with Crippen LogP contribution in [0.15, 0.2) is 66.2 Å². The molecule has 1 aliphatic heterocycles. The third-order valence-corrected chi connectivity index (χ3v) is 4.68. The summed E-state index contributed by atoms with van der Waals surface area (Å²) in [7, 11) is 1.56. The first kappa shape index (κ1) is 17.7. The lowest BCUT2D eigenvalue weighted by atomic mass is 9.87. The zero-order valence-electron chi connectivity index (χ0n) is 15.2. The number of benzene rings is 2. The summed E-state index contributed by atoms with van der Waals surface area (Å²) in [5.74, 6) is -0.732. The molecule has 0 radical (unpaired) electrons. The van der Waals surface area contributed by atoms with Gasteiger partial charge in [0.2, 0.25) is 5.88 Å². The number of hydrogen-bond donors (Lipinski definition) is 1. The van der Waals surface area contributed by atoms with Gasteiger partial charge in [-0.05, 0) is 36.8 Å². The van der Waals surface area contributed by atoms with E-state index >= 15 is 0 Å². The number of aryl methyl sites for hydroxylation is 1. The number of nitrogens with one attached hydrogen (secondary N) is 1. The van der Waals surface area contributed by atoms with Gasteiger partial charge in [-0.15, -0.1) is 0 Å². The van der Waals surface area contributed by atoms with Gasteiger partial charge < -0.3 is 10.1 Å². The normalized spacial score (nSPS) is 15.8. The Bertz CT molecular complexity index is 1070.